The number of hydrogen-bond acceptors (Lipinski definition) is 5. The number of carbonyl (C=O) groups excluding carboxylic acids is 1. The van der Waals surface area contributed by atoms with Gasteiger partial charge < -0.3 is 19.4 Å². The maximum Gasteiger partial charge on any atom is 0.323 e. The summed E-state index contributed by atoms with van der Waals surface area (Å²) in [7, 11) is 1.49. The number of aliphatic imine (C=N–C) groups is 1. The van der Waals surface area contributed by atoms with E-state index in [9.17, 15) is 9.59 Å². The molecule has 0 unspecified atom stereocenters. The first-order valence-corrected chi connectivity index (χ1v) is 8.07. The summed E-state index contributed by atoms with van der Waals surface area (Å²) in [5.74, 6) is 0.295. The fourth-order valence-electron chi connectivity index (χ4n) is 2.31. The number of hydrogen-bond donors (Lipinski definition) is 2. The first-order valence-electron chi connectivity index (χ1n) is 7.28. The van der Waals surface area contributed by atoms with Crippen molar-refractivity contribution in [2.45, 2.75) is 6.92 Å². The van der Waals surface area contributed by atoms with E-state index >= 15 is 0 Å². The highest BCUT2D eigenvalue weighted by Gasteiger charge is 2.13. The van der Waals surface area contributed by atoms with Crippen LogP contribution < -0.4 is 15.2 Å². The SMILES string of the molecule is COc1cc(C=Nc2ccc3[nH]c(=O)[nH]c3c2)cc(Br)c1OC(C)=O. The molecule has 2 aromatic carbocycles. The normalized spacial score (nSPS) is 11.2. The van der Waals surface area contributed by atoms with Crippen LogP contribution in [0, 0.1) is 0 Å². The van der Waals surface area contributed by atoms with Gasteiger partial charge >= 0.3 is 11.7 Å². The minimum atomic E-state index is -0.436. The largest absolute Gasteiger partial charge is 0.493 e. The van der Waals surface area contributed by atoms with Crippen LogP contribution >= 0.6 is 15.9 Å². The lowest BCUT2D eigenvalue weighted by atomic mass is 10.2. The molecule has 0 saturated carbocycles. The number of halogens is 1. The van der Waals surface area contributed by atoms with E-state index in [0.717, 1.165) is 11.1 Å². The number of rotatable bonds is 4. The molecule has 0 saturated heterocycles. The molecule has 0 aliphatic heterocycles. The molecule has 7 nitrogen and oxygen atoms in total. The molecule has 0 amide bonds. The number of aromatic nitrogens is 2. The lowest BCUT2D eigenvalue weighted by molar-refractivity contribution is -0.132. The maximum atomic E-state index is 11.3. The third-order valence-corrected chi connectivity index (χ3v) is 3.95. The van der Waals surface area contributed by atoms with Crippen LogP contribution in [0.15, 0.2) is 44.6 Å². The van der Waals surface area contributed by atoms with Crippen molar-refractivity contribution >= 4 is 44.8 Å². The Morgan fingerprint density at radius 1 is 1.20 bits per heavy atom. The van der Waals surface area contributed by atoms with Gasteiger partial charge in [0, 0.05) is 13.1 Å². The van der Waals surface area contributed by atoms with Crippen molar-refractivity contribution in [1.82, 2.24) is 9.97 Å². The van der Waals surface area contributed by atoms with E-state index in [4.69, 9.17) is 9.47 Å². The first kappa shape index (κ1) is 17.0. The van der Waals surface area contributed by atoms with E-state index in [0.29, 0.717) is 27.2 Å². The van der Waals surface area contributed by atoms with Crippen LogP contribution in [0.2, 0.25) is 0 Å². The number of ether oxygens (including phenoxy) is 2. The molecule has 0 bridgehead atoms. The number of fused-ring (bicyclic) bond motifs is 1. The molecule has 0 atom stereocenters. The second kappa shape index (κ2) is 6.94. The molecule has 2 N–H and O–H groups in total. The topological polar surface area (TPSA) is 96.5 Å². The summed E-state index contributed by atoms with van der Waals surface area (Å²) in [6.07, 6.45) is 1.65. The van der Waals surface area contributed by atoms with Gasteiger partial charge in [-0.25, -0.2) is 4.79 Å². The average molecular weight is 404 g/mol. The number of carbonyl (C=O) groups is 1. The highest BCUT2D eigenvalue weighted by Crippen LogP contribution is 2.36. The zero-order chi connectivity index (χ0) is 18.0. The smallest absolute Gasteiger partial charge is 0.323 e. The molecule has 0 aliphatic carbocycles. The molecule has 1 aromatic heterocycles. The Kier molecular flexibility index (Phi) is 4.71. The van der Waals surface area contributed by atoms with Gasteiger partial charge in [-0.3, -0.25) is 9.79 Å². The van der Waals surface area contributed by atoms with Crippen LogP contribution in [0.4, 0.5) is 5.69 Å². The van der Waals surface area contributed by atoms with E-state index in [-0.39, 0.29) is 5.69 Å². The van der Waals surface area contributed by atoms with Crippen molar-refractivity contribution in [3.05, 3.63) is 50.9 Å². The number of H-pyrrole nitrogens is 2. The van der Waals surface area contributed by atoms with Crippen LogP contribution in [0.1, 0.15) is 12.5 Å². The predicted octanol–water partition coefficient (Wildman–Crippen LogP) is 3.30. The fraction of sp³-hybridized carbons (Fsp3) is 0.118. The monoisotopic (exact) mass is 403 g/mol. The molecule has 3 aromatic rings. The van der Waals surface area contributed by atoms with Crippen molar-refractivity contribution in [2.24, 2.45) is 4.99 Å². The van der Waals surface area contributed by atoms with E-state index < -0.39 is 5.97 Å². The Morgan fingerprint density at radius 2 is 1.96 bits per heavy atom. The minimum absolute atomic E-state index is 0.258. The van der Waals surface area contributed by atoms with Crippen molar-refractivity contribution in [3.63, 3.8) is 0 Å². The van der Waals surface area contributed by atoms with Crippen molar-refractivity contribution in [3.8, 4) is 11.5 Å². The van der Waals surface area contributed by atoms with Gasteiger partial charge in [-0.2, -0.15) is 0 Å². The van der Waals surface area contributed by atoms with E-state index in [1.807, 2.05) is 0 Å². The Labute approximate surface area is 150 Å². The Bertz CT molecular complexity index is 1040. The number of imidazole rings is 1. The molecule has 1 heterocycles. The Morgan fingerprint density at radius 3 is 2.68 bits per heavy atom. The highest BCUT2D eigenvalue weighted by atomic mass is 79.9. The van der Waals surface area contributed by atoms with Gasteiger partial charge in [0.1, 0.15) is 0 Å². The van der Waals surface area contributed by atoms with Gasteiger partial charge in [0.05, 0.1) is 28.3 Å². The van der Waals surface area contributed by atoms with Crippen LogP contribution in [0.3, 0.4) is 0 Å². The van der Waals surface area contributed by atoms with Gasteiger partial charge in [-0.15, -0.1) is 0 Å². The van der Waals surface area contributed by atoms with E-state index in [1.54, 1.807) is 36.5 Å². The van der Waals surface area contributed by atoms with Gasteiger partial charge in [0.15, 0.2) is 11.5 Å². The first-order chi connectivity index (χ1) is 12.0. The van der Waals surface area contributed by atoms with Gasteiger partial charge in [0.25, 0.3) is 0 Å². The molecular weight excluding hydrogens is 390 g/mol. The van der Waals surface area contributed by atoms with Crippen LogP contribution in [-0.2, 0) is 4.79 Å². The van der Waals surface area contributed by atoms with Gasteiger partial charge in [-0.1, -0.05) is 0 Å². The molecule has 3 rings (SSSR count). The summed E-state index contributed by atoms with van der Waals surface area (Å²) in [6, 6.07) is 8.82. The third-order valence-electron chi connectivity index (χ3n) is 3.36. The number of benzene rings is 2. The molecule has 0 radical (unpaired) electrons. The molecule has 0 aliphatic rings. The van der Waals surface area contributed by atoms with Gasteiger partial charge in [0.2, 0.25) is 0 Å². The quantitative estimate of drug-likeness (QED) is 0.396. The summed E-state index contributed by atoms with van der Waals surface area (Å²) in [6.45, 7) is 1.32. The maximum absolute atomic E-state index is 11.3. The lowest BCUT2D eigenvalue weighted by Crippen LogP contribution is -2.04. The van der Waals surface area contributed by atoms with Crippen LogP contribution in [0.25, 0.3) is 11.0 Å². The second-order valence-electron chi connectivity index (χ2n) is 5.19. The Hall–Kier alpha value is -2.87. The van der Waals surface area contributed by atoms with E-state index in [2.05, 4.69) is 30.9 Å². The molecule has 0 fully saturated rings. The summed E-state index contributed by atoms with van der Waals surface area (Å²) in [4.78, 5) is 32.2. The van der Waals surface area contributed by atoms with Crippen molar-refractivity contribution in [2.75, 3.05) is 7.11 Å². The number of aromatic amines is 2. The fourth-order valence-corrected chi connectivity index (χ4v) is 2.85. The predicted molar refractivity (Wildman–Crippen MR) is 98.2 cm³/mol. The van der Waals surface area contributed by atoms with Gasteiger partial charge in [-0.05, 0) is 51.8 Å². The molecule has 8 heteroatoms. The van der Waals surface area contributed by atoms with Crippen LogP contribution in [-0.4, -0.2) is 29.3 Å². The zero-order valence-corrected chi connectivity index (χ0v) is 15.0. The van der Waals surface area contributed by atoms with Crippen molar-refractivity contribution < 1.29 is 14.3 Å². The molecule has 25 heavy (non-hydrogen) atoms. The van der Waals surface area contributed by atoms with E-state index in [1.165, 1.54) is 14.0 Å². The standard InChI is InChI=1S/C17H14BrN3O4/c1-9(22)25-16-12(18)5-10(6-15(16)24-2)8-19-11-3-4-13-14(7-11)21-17(23)20-13/h3-8H,1-2H3,(H2,20,21,23). The summed E-state index contributed by atoms with van der Waals surface area (Å²) in [5.41, 5.74) is 2.58. The third kappa shape index (κ3) is 3.80. The number of esters is 1. The van der Waals surface area contributed by atoms with Crippen molar-refractivity contribution in [1.29, 1.82) is 0 Å². The minimum Gasteiger partial charge on any atom is -0.493 e. The van der Waals surface area contributed by atoms with Crippen LogP contribution in [0.5, 0.6) is 11.5 Å². The second-order valence-corrected chi connectivity index (χ2v) is 6.05. The Balaban J connectivity index is 1.92. The summed E-state index contributed by atoms with van der Waals surface area (Å²) < 4.78 is 11.0. The molecule has 128 valence electrons. The molecular formula is C17H14BrN3O4. The number of nitrogens with one attached hydrogen (secondary N) is 2. The zero-order valence-electron chi connectivity index (χ0n) is 13.4. The summed E-state index contributed by atoms with van der Waals surface area (Å²) in [5, 5.41) is 0. The highest BCUT2D eigenvalue weighted by molar-refractivity contribution is 9.10. The number of methoxy groups -OCH3 is 1. The lowest BCUT2D eigenvalue weighted by Gasteiger charge is -2.10. The number of nitrogens with zero attached hydrogens (tertiary/aromatic N) is 1. The molecule has 0 spiro atoms. The summed E-state index contributed by atoms with van der Waals surface area (Å²) >= 11 is 3.37. The average Bonchev–Trinajstić information content (AvgIpc) is 2.93.